The first-order chi connectivity index (χ1) is 10.1. The number of carbonyl (C=O) groups is 2. The summed E-state index contributed by atoms with van der Waals surface area (Å²) in [5.74, 6) is -0.0607. The van der Waals surface area contributed by atoms with Gasteiger partial charge in [-0.1, -0.05) is 13.5 Å². The van der Waals surface area contributed by atoms with Crippen LogP contribution >= 0.6 is 0 Å². The molecule has 22 heavy (non-hydrogen) atoms. The van der Waals surface area contributed by atoms with Crippen LogP contribution < -0.4 is 10.1 Å². The van der Waals surface area contributed by atoms with E-state index in [1.165, 1.54) is 0 Å². The summed E-state index contributed by atoms with van der Waals surface area (Å²) < 4.78 is 10.4. The van der Waals surface area contributed by atoms with Crippen LogP contribution in [0.3, 0.4) is 0 Å². The van der Waals surface area contributed by atoms with Crippen molar-refractivity contribution in [3.05, 3.63) is 35.9 Å². The van der Waals surface area contributed by atoms with E-state index in [1.54, 1.807) is 45.9 Å². The molecule has 1 rings (SSSR count). The summed E-state index contributed by atoms with van der Waals surface area (Å²) in [5, 5.41) is 2.70. The van der Waals surface area contributed by atoms with Gasteiger partial charge in [-0.05, 0) is 57.9 Å². The van der Waals surface area contributed by atoms with E-state index in [9.17, 15) is 9.59 Å². The molecule has 0 saturated carbocycles. The highest BCUT2D eigenvalue weighted by Crippen LogP contribution is 2.24. The molecule has 0 radical (unpaired) electrons. The molecule has 0 heterocycles. The van der Waals surface area contributed by atoms with Crippen molar-refractivity contribution in [2.75, 3.05) is 5.32 Å². The molecule has 0 spiro atoms. The average Bonchev–Trinajstić information content (AvgIpc) is 2.38. The Morgan fingerprint density at radius 1 is 1.27 bits per heavy atom. The lowest BCUT2D eigenvalue weighted by Crippen LogP contribution is -2.27. The van der Waals surface area contributed by atoms with E-state index in [-0.39, 0.29) is 0 Å². The van der Waals surface area contributed by atoms with Crippen molar-refractivity contribution in [1.82, 2.24) is 0 Å². The van der Waals surface area contributed by atoms with Crippen LogP contribution in [0.25, 0.3) is 0 Å². The van der Waals surface area contributed by atoms with Crippen LogP contribution in [-0.2, 0) is 16.0 Å². The number of ether oxygens (including phenoxy) is 2. The van der Waals surface area contributed by atoms with Gasteiger partial charge in [-0.15, -0.1) is 0 Å². The highest BCUT2D eigenvalue weighted by Gasteiger charge is 2.17. The average molecular weight is 305 g/mol. The highest BCUT2D eigenvalue weighted by molar-refractivity contribution is 5.89. The minimum Gasteiger partial charge on any atom is -0.444 e. The number of amides is 1. The molecule has 0 aliphatic carbocycles. The number of aryl methyl sites for hydroxylation is 1. The number of anilines is 1. The van der Waals surface area contributed by atoms with Crippen LogP contribution in [0.5, 0.6) is 5.75 Å². The Hall–Kier alpha value is -2.30. The summed E-state index contributed by atoms with van der Waals surface area (Å²) in [5.41, 5.74) is 1.24. The van der Waals surface area contributed by atoms with E-state index >= 15 is 0 Å². The molecule has 0 atom stereocenters. The van der Waals surface area contributed by atoms with Gasteiger partial charge >= 0.3 is 12.1 Å². The fourth-order valence-corrected chi connectivity index (χ4v) is 1.66. The van der Waals surface area contributed by atoms with E-state index in [1.807, 2.05) is 6.92 Å². The van der Waals surface area contributed by atoms with Gasteiger partial charge < -0.3 is 9.47 Å². The normalized spacial score (nSPS) is 10.8. The Balaban J connectivity index is 2.87. The first kappa shape index (κ1) is 17.8. The number of rotatable bonds is 4. The van der Waals surface area contributed by atoms with E-state index in [4.69, 9.17) is 9.47 Å². The summed E-state index contributed by atoms with van der Waals surface area (Å²) >= 11 is 0. The molecule has 1 aromatic carbocycles. The predicted molar refractivity (Wildman–Crippen MR) is 86.1 cm³/mol. The van der Waals surface area contributed by atoms with Crippen LogP contribution in [0.4, 0.5) is 10.5 Å². The summed E-state index contributed by atoms with van der Waals surface area (Å²) in [7, 11) is 0. The van der Waals surface area contributed by atoms with Crippen molar-refractivity contribution >= 4 is 17.7 Å². The molecule has 5 heteroatoms. The number of nitrogens with one attached hydrogen (secondary N) is 1. The van der Waals surface area contributed by atoms with Crippen molar-refractivity contribution in [1.29, 1.82) is 0 Å². The highest BCUT2D eigenvalue weighted by atomic mass is 16.6. The van der Waals surface area contributed by atoms with Crippen LogP contribution in [0.2, 0.25) is 0 Å². The molecule has 0 saturated heterocycles. The molecule has 0 bridgehead atoms. The molecular weight excluding hydrogens is 282 g/mol. The Morgan fingerprint density at radius 3 is 2.41 bits per heavy atom. The van der Waals surface area contributed by atoms with Gasteiger partial charge in [0.25, 0.3) is 0 Å². The zero-order valence-corrected chi connectivity index (χ0v) is 13.8. The van der Waals surface area contributed by atoms with E-state index in [2.05, 4.69) is 11.9 Å². The minimum absolute atomic E-state index is 0.328. The smallest absolute Gasteiger partial charge is 0.412 e. The lowest BCUT2D eigenvalue weighted by atomic mass is 10.1. The monoisotopic (exact) mass is 305 g/mol. The Bertz CT molecular complexity index is 585. The molecule has 1 amide bonds. The Kier molecular flexibility index (Phi) is 5.74. The zero-order chi connectivity index (χ0) is 16.9. The fourth-order valence-electron chi connectivity index (χ4n) is 1.66. The number of carbonyl (C=O) groups excluding carboxylic acids is 2. The SMILES string of the molecule is C=C(C)C(=O)Oc1ccc(NC(=O)OC(C)(C)C)c(CC)c1. The largest absolute Gasteiger partial charge is 0.444 e. The second-order valence-corrected chi connectivity index (χ2v) is 5.97. The summed E-state index contributed by atoms with van der Waals surface area (Å²) in [4.78, 5) is 23.3. The minimum atomic E-state index is -0.562. The zero-order valence-electron chi connectivity index (χ0n) is 13.8. The third-order valence-corrected chi connectivity index (χ3v) is 2.65. The van der Waals surface area contributed by atoms with Gasteiger partial charge in [0, 0.05) is 11.3 Å². The van der Waals surface area contributed by atoms with Gasteiger partial charge in [-0.3, -0.25) is 5.32 Å². The molecule has 1 aromatic rings. The number of hydrogen-bond acceptors (Lipinski definition) is 4. The van der Waals surface area contributed by atoms with Crippen LogP contribution in [0.15, 0.2) is 30.4 Å². The van der Waals surface area contributed by atoms with Gasteiger partial charge in [0.05, 0.1) is 0 Å². The van der Waals surface area contributed by atoms with Crippen molar-refractivity contribution in [2.24, 2.45) is 0 Å². The summed E-state index contributed by atoms with van der Waals surface area (Å²) in [6.07, 6.45) is 0.151. The van der Waals surface area contributed by atoms with Gasteiger partial charge in [0.1, 0.15) is 11.4 Å². The van der Waals surface area contributed by atoms with Crippen molar-refractivity contribution in [3.8, 4) is 5.75 Å². The Morgan fingerprint density at radius 2 is 1.91 bits per heavy atom. The summed E-state index contributed by atoms with van der Waals surface area (Å²) in [6.45, 7) is 12.5. The molecule has 0 aliphatic rings. The molecular formula is C17H23NO4. The maximum Gasteiger partial charge on any atom is 0.412 e. The van der Waals surface area contributed by atoms with Crippen molar-refractivity contribution in [2.45, 2.75) is 46.6 Å². The van der Waals surface area contributed by atoms with Gasteiger partial charge in [-0.25, -0.2) is 9.59 Å². The third kappa shape index (κ3) is 5.60. The lowest BCUT2D eigenvalue weighted by molar-refractivity contribution is -0.130. The van der Waals surface area contributed by atoms with E-state index in [0.29, 0.717) is 23.4 Å². The molecule has 1 N–H and O–H groups in total. The molecule has 5 nitrogen and oxygen atoms in total. The van der Waals surface area contributed by atoms with Gasteiger partial charge in [0.15, 0.2) is 0 Å². The van der Waals surface area contributed by atoms with Gasteiger partial charge in [-0.2, -0.15) is 0 Å². The predicted octanol–water partition coefficient (Wildman–Crippen LogP) is 4.08. The quantitative estimate of drug-likeness (QED) is 0.517. The molecule has 120 valence electrons. The maximum absolute atomic E-state index is 11.8. The van der Waals surface area contributed by atoms with E-state index < -0.39 is 17.7 Å². The number of benzene rings is 1. The van der Waals surface area contributed by atoms with Crippen LogP contribution in [-0.4, -0.2) is 17.7 Å². The first-order valence-electron chi connectivity index (χ1n) is 7.13. The second kappa shape index (κ2) is 7.11. The lowest BCUT2D eigenvalue weighted by Gasteiger charge is -2.20. The molecule has 0 aromatic heterocycles. The number of esters is 1. The van der Waals surface area contributed by atoms with Crippen LogP contribution in [0, 0.1) is 0 Å². The summed E-state index contributed by atoms with van der Waals surface area (Å²) in [6, 6.07) is 5.02. The standard InChI is InChI=1S/C17H23NO4/c1-7-12-10-13(21-15(19)11(2)3)8-9-14(12)18-16(20)22-17(4,5)6/h8-10H,2,7H2,1,3-6H3,(H,18,20). The second-order valence-electron chi connectivity index (χ2n) is 5.97. The Labute approximate surface area is 131 Å². The molecule has 0 fully saturated rings. The van der Waals surface area contributed by atoms with E-state index in [0.717, 1.165) is 5.56 Å². The third-order valence-electron chi connectivity index (χ3n) is 2.65. The molecule has 0 aliphatic heterocycles. The fraction of sp³-hybridized carbons (Fsp3) is 0.412. The first-order valence-corrected chi connectivity index (χ1v) is 7.13. The van der Waals surface area contributed by atoms with Crippen LogP contribution in [0.1, 0.15) is 40.2 Å². The molecule has 0 unspecified atom stereocenters. The maximum atomic E-state index is 11.8. The number of hydrogen-bond donors (Lipinski definition) is 1. The van der Waals surface area contributed by atoms with Gasteiger partial charge in [0.2, 0.25) is 0 Å². The topological polar surface area (TPSA) is 64.6 Å². The van der Waals surface area contributed by atoms with Crippen molar-refractivity contribution < 1.29 is 19.1 Å². The van der Waals surface area contributed by atoms with Crippen molar-refractivity contribution in [3.63, 3.8) is 0 Å².